The number of esters is 4. The van der Waals surface area contributed by atoms with E-state index in [1.54, 1.807) is 20.8 Å². The zero-order valence-corrected chi connectivity index (χ0v) is 23.2. The summed E-state index contributed by atoms with van der Waals surface area (Å²) in [5.74, 6) is -0.974. The van der Waals surface area contributed by atoms with Crippen LogP contribution in [0.5, 0.6) is 0 Å². The SMILES string of the molecule is CCOC(=O)CCNCCN(CCC(=O)OC)CCN(CCNCCC(=O)OCC)CCC(=O)OCC. The van der Waals surface area contributed by atoms with Crippen molar-refractivity contribution < 1.29 is 38.1 Å². The van der Waals surface area contributed by atoms with E-state index < -0.39 is 0 Å². The van der Waals surface area contributed by atoms with E-state index in [0.717, 1.165) is 0 Å². The number of carbonyl (C=O) groups excluding carboxylic acids is 4. The van der Waals surface area contributed by atoms with Crippen molar-refractivity contribution in [3.05, 3.63) is 0 Å². The van der Waals surface area contributed by atoms with E-state index in [-0.39, 0.29) is 36.7 Å². The van der Waals surface area contributed by atoms with Crippen molar-refractivity contribution in [1.29, 1.82) is 0 Å². The number of methoxy groups -OCH3 is 1. The third-order valence-corrected chi connectivity index (χ3v) is 5.36. The van der Waals surface area contributed by atoms with Gasteiger partial charge in [-0.1, -0.05) is 0 Å². The first-order valence-corrected chi connectivity index (χ1v) is 13.3. The lowest BCUT2D eigenvalue weighted by atomic mass is 10.3. The maximum atomic E-state index is 11.9. The lowest BCUT2D eigenvalue weighted by Gasteiger charge is -2.27. The fourth-order valence-corrected chi connectivity index (χ4v) is 3.36. The van der Waals surface area contributed by atoms with Crippen LogP contribution in [0.1, 0.15) is 46.5 Å². The Morgan fingerprint density at radius 2 is 0.892 bits per heavy atom. The summed E-state index contributed by atoms with van der Waals surface area (Å²) in [5.41, 5.74) is 0. The summed E-state index contributed by atoms with van der Waals surface area (Å²) in [6.07, 6.45) is 1.17. The van der Waals surface area contributed by atoms with Crippen molar-refractivity contribution in [3.8, 4) is 0 Å². The highest BCUT2D eigenvalue weighted by Crippen LogP contribution is 1.99. The van der Waals surface area contributed by atoms with Gasteiger partial charge in [-0.2, -0.15) is 0 Å². The standard InChI is InChI=1S/C25H48N4O8/c1-5-35-23(31)8-12-26-14-18-28(16-10-22(30)34-4)20-21-29(17-11-25(33)37-7-3)19-15-27-13-9-24(32)36-6-2/h26-27H,5-21H2,1-4H3. The number of hydrogen-bond donors (Lipinski definition) is 2. The summed E-state index contributed by atoms with van der Waals surface area (Å²) in [7, 11) is 1.37. The molecule has 0 bridgehead atoms. The first kappa shape index (κ1) is 34.7. The van der Waals surface area contributed by atoms with Crippen LogP contribution in [0.3, 0.4) is 0 Å². The molecule has 0 aliphatic heterocycles. The van der Waals surface area contributed by atoms with Gasteiger partial charge in [0.1, 0.15) is 0 Å². The van der Waals surface area contributed by atoms with Crippen molar-refractivity contribution in [2.75, 3.05) is 92.4 Å². The number of rotatable bonds is 24. The minimum Gasteiger partial charge on any atom is -0.469 e. The van der Waals surface area contributed by atoms with Crippen molar-refractivity contribution in [3.63, 3.8) is 0 Å². The highest BCUT2D eigenvalue weighted by molar-refractivity contribution is 5.70. The predicted molar refractivity (Wildman–Crippen MR) is 139 cm³/mol. The number of nitrogens with one attached hydrogen (secondary N) is 2. The first-order valence-electron chi connectivity index (χ1n) is 13.3. The number of ether oxygens (including phenoxy) is 4. The Balaban J connectivity index is 4.73. The van der Waals surface area contributed by atoms with Crippen LogP contribution in [-0.2, 0) is 38.1 Å². The second kappa shape index (κ2) is 24.1. The van der Waals surface area contributed by atoms with Crippen molar-refractivity contribution in [2.45, 2.75) is 46.5 Å². The molecule has 12 heteroatoms. The number of nitrogens with zero attached hydrogens (tertiary/aromatic N) is 2. The molecule has 0 saturated carbocycles. The molecule has 0 atom stereocenters. The molecule has 0 aromatic rings. The van der Waals surface area contributed by atoms with Gasteiger partial charge in [0.2, 0.25) is 0 Å². The normalized spacial score (nSPS) is 11.0. The van der Waals surface area contributed by atoms with Crippen LogP contribution in [0.2, 0.25) is 0 Å². The van der Waals surface area contributed by atoms with Crippen LogP contribution in [0, 0.1) is 0 Å². The maximum Gasteiger partial charge on any atom is 0.307 e. The van der Waals surface area contributed by atoms with Crippen molar-refractivity contribution in [1.82, 2.24) is 20.4 Å². The molecular weight excluding hydrogens is 484 g/mol. The first-order chi connectivity index (χ1) is 17.9. The Labute approximate surface area is 221 Å². The molecule has 0 heterocycles. The third-order valence-electron chi connectivity index (χ3n) is 5.36. The quantitative estimate of drug-likeness (QED) is 0.0998. The molecule has 0 amide bonds. The van der Waals surface area contributed by atoms with E-state index in [1.807, 2.05) is 0 Å². The third kappa shape index (κ3) is 21.5. The van der Waals surface area contributed by atoms with Gasteiger partial charge in [-0.15, -0.1) is 0 Å². The van der Waals surface area contributed by atoms with Gasteiger partial charge >= 0.3 is 23.9 Å². The van der Waals surface area contributed by atoms with E-state index >= 15 is 0 Å². The van der Waals surface area contributed by atoms with E-state index in [2.05, 4.69) is 20.4 Å². The summed E-state index contributed by atoms with van der Waals surface area (Å²) in [5, 5.41) is 6.47. The molecular formula is C25H48N4O8. The van der Waals surface area contributed by atoms with Crippen LogP contribution < -0.4 is 10.6 Å². The molecule has 0 rings (SSSR count). The van der Waals surface area contributed by atoms with Crippen molar-refractivity contribution >= 4 is 23.9 Å². The minimum absolute atomic E-state index is 0.230. The maximum absolute atomic E-state index is 11.9. The molecule has 0 aromatic heterocycles. The zero-order chi connectivity index (χ0) is 27.7. The molecule has 0 unspecified atom stereocenters. The highest BCUT2D eigenvalue weighted by atomic mass is 16.5. The average Bonchev–Trinajstić information content (AvgIpc) is 2.87. The Kier molecular flexibility index (Phi) is 22.6. The average molecular weight is 533 g/mol. The second-order valence-corrected chi connectivity index (χ2v) is 8.17. The van der Waals surface area contributed by atoms with E-state index in [1.165, 1.54) is 7.11 Å². The van der Waals surface area contributed by atoms with E-state index in [4.69, 9.17) is 18.9 Å². The highest BCUT2D eigenvalue weighted by Gasteiger charge is 2.14. The fourth-order valence-electron chi connectivity index (χ4n) is 3.36. The lowest BCUT2D eigenvalue weighted by molar-refractivity contribution is -0.144. The summed E-state index contributed by atoms with van der Waals surface area (Å²) < 4.78 is 19.7. The summed E-state index contributed by atoms with van der Waals surface area (Å²) >= 11 is 0. The molecule has 2 N–H and O–H groups in total. The second-order valence-electron chi connectivity index (χ2n) is 8.17. The van der Waals surface area contributed by atoms with Crippen LogP contribution in [-0.4, -0.2) is 126 Å². The molecule has 37 heavy (non-hydrogen) atoms. The Hall–Kier alpha value is -2.28. The molecule has 0 aliphatic rings. The molecule has 0 aliphatic carbocycles. The van der Waals surface area contributed by atoms with Gasteiger partial charge < -0.3 is 39.4 Å². The smallest absolute Gasteiger partial charge is 0.307 e. The summed E-state index contributed by atoms with van der Waals surface area (Å²) in [4.78, 5) is 50.8. The molecule has 0 saturated heterocycles. The molecule has 216 valence electrons. The predicted octanol–water partition coefficient (Wildman–Crippen LogP) is 0.192. The van der Waals surface area contributed by atoms with Crippen LogP contribution in [0.25, 0.3) is 0 Å². The Morgan fingerprint density at radius 3 is 1.27 bits per heavy atom. The van der Waals surface area contributed by atoms with Gasteiger partial charge in [-0.3, -0.25) is 19.2 Å². The van der Waals surface area contributed by atoms with Crippen LogP contribution in [0.4, 0.5) is 0 Å². The lowest BCUT2D eigenvalue weighted by Crippen LogP contribution is -2.42. The minimum atomic E-state index is -0.273. The molecule has 0 radical (unpaired) electrons. The summed E-state index contributed by atoms with van der Waals surface area (Å²) in [6, 6.07) is 0. The van der Waals surface area contributed by atoms with Gasteiger partial charge in [-0.25, -0.2) is 0 Å². The van der Waals surface area contributed by atoms with E-state index in [9.17, 15) is 19.2 Å². The van der Waals surface area contributed by atoms with E-state index in [0.29, 0.717) is 98.1 Å². The molecule has 12 nitrogen and oxygen atoms in total. The molecule has 0 spiro atoms. The van der Waals surface area contributed by atoms with Gasteiger partial charge in [-0.05, 0) is 20.8 Å². The van der Waals surface area contributed by atoms with Gasteiger partial charge in [0.15, 0.2) is 0 Å². The van der Waals surface area contributed by atoms with Crippen LogP contribution in [0.15, 0.2) is 0 Å². The van der Waals surface area contributed by atoms with Gasteiger partial charge in [0.25, 0.3) is 0 Å². The van der Waals surface area contributed by atoms with Crippen molar-refractivity contribution in [2.24, 2.45) is 0 Å². The Bertz CT molecular complexity index is 636. The van der Waals surface area contributed by atoms with Crippen LogP contribution >= 0.6 is 0 Å². The topological polar surface area (TPSA) is 136 Å². The zero-order valence-electron chi connectivity index (χ0n) is 23.2. The molecule has 0 fully saturated rings. The number of carbonyl (C=O) groups is 4. The van der Waals surface area contributed by atoms with Gasteiger partial charge in [0, 0.05) is 65.4 Å². The molecule has 0 aromatic carbocycles. The number of hydrogen-bond acceptors (Lipinski definition) is 12. The summed E-state index contributed by atoms with van der Waals surface area (Å²) in [6.45, 7) is 12.6. The Morgan fingerprint density at radius 1 is 0.514 bits per heavy atom. The largest absolute Gasteiger partial charge is 0.469 e. The fraction of sp³-hybridized carbons (Fsp3) is 0.840. The van der Waals surface area contributed by atoms with Gasteiger partial charge in [0.05, 0.1) is 52.6 Å². The monoisotopic (exact) mass is 532 g/mol.